The number of carbonyl (C=O) groups is 1. The number of piperidine rings is 1. The van der Waals surface area contributed by atoms with Gasteiger partial charge in [-0.3, -0.25) is 4.79 Å². The van der Waals surface area contributed by atoms with Gasteiger partial charge < -0.3 is 10.6 Å². The normalized spacial score (nSPS) is 27.3. The van der Waals surface area contributed by atoms with Gasteiger partial charge in [-0.2, -0.15) is 0 Å². The van der Waals surface area contributed by atoms with Crippen LogP contribution in [0.5, 0.6) is 0 Å². The molecule has 0 aromatic heterocycles. The van der Waals surface area contributed by atoms with E-state index in [1.165, 1.54) is 0 Å². The number of nitrogens with two attached hydrogens (primary N) is 1. The molecule has 0 spiro atoms. The third kappa shape index (κ3) is 4.37. The summed E-state index contributed by atoms with van der Waals surface area (Å²) in [6, 6.07) is 0.979. The van der Waals surface area contributed by atoms with Gasteiger partial charge in [0.05, 0.1) is 11.0 Å². The van der Waals surface area contributed by atoms with E-state index in [4.69, 9.17) is 5.73 Å². The van der Waals surface area contributed by atoms with Crippen LogP contribution in [0.25, 0.3) is 0 Å². The molecule has 3 fully saturated rings. The fourth-order valence-electron chi connectivity index (χ4n) is 5.07. The zero-order valence-electron chi connectivity index (χ0n) is 16.7. The molecule has 1 aromatic rings. The van der Waals surface area contributed by atoms with Crippen LogP contribution in [0.15, 0.2) is 12.1 Å². The van der Waals surface area contributed by atoms with Crippen molar-refractivity contribution in [1.29, 1.82) is 0 Å². The van der Waals surface area contributed by atoms with Crippen molar-refractivity contribution in [2.75, 3.05) is 5.75 Å². The van der Waals surface area contributed by atoms with Gasteiger partial charge in [-0.25, -0.2) is 21.6 Å². The summed E-state index contributed by atoms with van der Waals surface area (Å²) in [6.07, 6.45) is 4.51. The molecule has 166 valence electrons. The molecule has 0 radical (unpaired) electrons. The second kappa shape index (κ2) is 8.15. The SMILES string of the molecule is N[C@@H](Cc1cc(F)c(F)cc1F)C1C[C@H]2CC[C@@H](C1)N2C(=O)CCS(=O)(=O)C1CC1. The molecular weight excluding hydrogens is 417 g/mol. The fraction of sp³-hybridized carbons (Fsp3) is 0.667. The average molecular weight is 445 g/mol. The lowest BCUT2D eigenvalue weighted by Gasteiger charge is -2.41. The van der Waals surface area contributed by atoms with Crippen LogP contribution in [0.3, 0.4) is 0 Å². The minimum Gasteiger partial charge on any atom is -0.337 e. The molecule has 1 unspecified atom stereocenters. The molecular formula is C21H27F3N2O3S. The van der Waals surface area contributed by atoms with E-state index >= 15 is 0 Å². The Balaban J connectivity index is 1.36. The smallest absolute Gasteiger partial charge is 0.224 e. The van der Waals surface area contributed by atoms with Crippen LogP contribution in [0.4, 0.5) is 13.2 Å². The lowest BCUT2D eigenvalue weighted by Crippen LogP contribution is -2.50. The predicted octanol–water partition coefficient (Wildman–Crippen LogP) is 2.71. The number of fused-ring (bicyclic) bond motifs is 2. The number of nitrogens with zero attached hydrogens (tertiary/aromatic N) is 1. The number of benzene rings is 1. The maximum absolute atomic E-state index is 14.0. The zero-order chi connectivity index (χ0) is 21.6. The van der Waals surface area contributed by atoms with Crippen molar-refractivity contribution < 1.29 is 26.4 Å². The second-order valence-electron chi connectivity index (χ2n) is 8.96. The highest BCUT2D eigenvalue weighted by Gasteiger charge is 2.45. The Labute approximate surface area is 174 Å². The highest BCUT2D eigenvalue weighted by atomic mass is 32.2. The van der Waals surface area contributed by atoms with Gasteiger partial charge in [0, 0.05) is 30.6 Å². The average Bonchev–Trinajstić information content (AvgIpc) is 3.50. The lowest BCUT2D eigenvalue weighted by molar-refractivity contribution is -0.136. The van der Waals surface area contributed by atoms with Gasteiger partial charge in [0.2, 0.25) is 5.91 Å². The molecule has 2 aliphatic heterocycles. The van der Waals surface area contributed by atoms with Crippen LogP contribution in [0, 0.1) is 23.4 Å². The van der Waals surface area contributed by atoms with Crippen molar-refractivity contribution in [2.45, 2.75) is 74.7 Å². The quantitative estimate of drug-likeness (QED) is 0.656. The van der Waals surface area contributed by atoms with E-state index in [0.717, 1.165) is 18.9 Å². The Morgan fingerprint density at radius 2 is 1.63 bits per heavy atom. The minimum absolute atomic E-state index is 0.00531. The molecule has 3 aliphatic rings. The summed E-state index contributed by atoms with van der Waals surface area (Å²) in [5, 5.41) is -0.262. The van der Waals surface area contributed by atoms with Gasteiger partial charge in [-0.1, -0.05) is 0 Å². The van der Waals surface area contributed by atoms with Crippen molar-refractivity contribution >= 4 is 15.7 Å². The Kier molecular flexibility index (Phi) is 5.87. The predicted molar refractivity (Wildman–Crippen MR) is 106 cm³/mol. The number of sulfone groups is 1. The molecule has 2 N–H and O–H groups in total. The first-order valence-corrected chi connectivity index (χ1v) is 12.3. The fourth-order valence-corrected chi connectivity index (χ4v) is 6.72. The van der Waals surface area contributed by atoms with Crippen LogP contribution >= 0.6 is 0 Å². The largest absolute Gasteiger partial charge is 0.337 e. The summed E-state index contributed by atoms with van der Waals surface area (Å²) in [6.45, 7) is 0. The highest BCUT2D eigenvalue weighted by Crippen LogP contribution is 2.40. The monoisotopic (exact) mass is 444 g/mol. The molecule has 1 aromatic carbocycles. The molecule has 30 heavy (non-hydrogen) atoms. The van der Waals surface area contributed by atoms with Gasteiger partial charge >= 0.3 is 0 Å². The topological polar surface area (TPSA) is 80.5 Å². The molecule has 1 amide bonds. The van der Waals surface area contributed by atoms with E-state index in [1.807, 2.05) is 4.90 Å². The molecule has 2 heterocycles. The Morgan fingerprint density at radius 1 is 1.03 bits per heavy atom. The van der Waals surface area contributed by atoms with E-state index in [1.54, 1.807) is 0 Å². The van der Waals surface area contributed by atoms with E-state index in [0.29, 0.717) is 31.7 Å². The standard InChI is InChI=1S/C21H27F3N2O3S/c22-17-11-19(24)18(23)9-12(17)10-20(25)13-7-14-1-2-15(8-13)26(14)21(27)5-6-30(28,29)16-3-4-16/h9,11,13-16,20H,1-8,10,25H2/t13?,14-,15+,20-/m0/s1. The summed E-state index contributed by atoms with van der Waals surface area (Å²) in [5.41, 5.74) is 6.35. The van der Waals surface area contributed by atoms with Crippen molar-refractivity contribution in [1.82, 2.24) is 4.90 Å². The molecule has 1 saturated carbocycles. The van der Waals surface area contributed by atoms with Crippen molar-refractivity contribution in [3.63, 3.8) is 0 Å². The Bertz CT molecular complexity index is 922. The van der Waals surface area contributed by atoms with Gasteiger partial charge in [0.1, 0.15) is 5.82 Å². The van der Waals surface area contributed by atoms with E-state index in [9.17, 15) is 26.4 Å². The van der Waals surface area contributed by atoms with Gasteiger partial charge in [0.15, 0.2) is 21.5 Å². The van der Waals surface area contributed by atoms with Crippen LogP contribution in [-0.2, 0) is 21.1 Å². The first-order chi connectivity index (χ1) is 14.2. The number of halogens is 3. The maximum atomic E-state index is 14.0. The van der Waals surface area contributed by atoms with Crippen molar-refractivity contribution in [3.8, 4) is 0 Å². The lowest BCUT2D eigenvalue weighted by atomic mass is 9.82. The Hall–Kier alpha value is -1.61. The third-order valence-corrected chi connectivity index (χ3v) is 9.10. The summed E-state index contributed by atoms with van der Waals surface area (Å²) in [7, 11) is -3.17. The number of rotatable bonds is 7. The van der Waals surface area contributed by atoms with Gasteiger partial charge in [-0.05, 0) is 62.5 Å². The number of amides is 1. The van der Waals surface area contributed by atoms with Gasteiger partial charge in [0.25, 0.3) is 0 Å². The van der Waals surface area contributed by atoms with Crippen LogP contribution < -0.4 is 5.73 Å². The zero-order valence-corrected chi connectivity index (χ0v) is 17.5. The molecule has 1 aliphatic carbocycles. The number of hydrogen-bond donors (Lipinski definition) is 1. The molecule has 4 atom stereocenters. The number of hydrogen-bond acceptors (Lipinski definition) is 4. The summed E-state index contributed by atoms with van der Waals surface area (Å²) in [5.74, 6) is -3.31. The number of carbonyl (C=O) groups excluding carboxylic acids is 1. The van der Waals surface area contributed by atoms with E-state index in [2.05, 4.69) is 0 Å². The first-order valence-electron chi connectivity index (χ1n) is 10.6. The summed E-state index contributed by atoms with van der Waals surface area (Å²) < 4.78 is 64.7. The molecule has 9 heteroatoms. The highest BCUT2D eigenvalue weighted by molar-refractivity contribution is 7.92. The maximum Gasteiger partial charge on any atom is 0.224 e. The van der Waals surface area contributed by atoms with Crippen molar-refractivity contribution in [3.05, 3.63) is 35.1 Å². The molecule has 5 nitrogen and oxygen atoms in total. The van der Waals surface area contributed by atoms with Crippen LogP contribution in [0.1, 0.15) is 50.5 Å². The van der Waals surface area contributed by atoms with E-state index in [-0.39, 0.29) is 53.3 Å². The minimum atomic E-state index is -3.17. The second-order valence-corrected chi connectivity index (χ2v) is 11.4. The van der Waals surface area contributed by atoms with Crippen LogP contribution in [-0.4, -0.2) is 48.4 Å². The van der Waals surface area contributed by atoms with Gasteiger partial charge in [-0.15, -0.1) is 0 Å². The Morgan fingerprint density at radius 3 is 2.23 bits per heavy atom. The summed E-state index contributed by atoms with van der Waals surface area (Å²) >= 11 is 0. The molecule has 2 bridgehead atoms. The third-order valence-electron chi connectivity index (χ3n) is 6.84. The molecule has 4 rings (SSSR count). The van der Waals surface area contributed by atoms with E-state index < -0.39 is 33.3 Å². The summed E-state index contributed by atoms with van der Waals surface area (Å²) in [4.78, 5) is 14.6. The van der Waals surface area contributed by atoms with Crippen LogP contribution in [0.2, 0.25) is 0 Å². The first kappa shape index (κ1) is 21.6. The van der Waals surface area contributed by atoms with Crippen molar-refractivity contribution in [2.24, 2.45) is 11.7 Å². The molecule has 2 saturated heterocycles.